The first-order valence-corrected chi connectivity index (χ1v) is 11.5. The molecule has 4 heterocycles. The zero-order chi connectivity index (χ0) is 22.5. The lowest BCUT2D eigenvalue weighted by molar-refractivity contribution is -0.128. The molecular formula is C24H22ClN5O3. The van der Waals surface area contributed by atoms with Gasteiger partial charge in [-0.1, -0.05) is 35.9 Å². The fourth-order valence-electron chi connectivity index (χ4n) is 4.98. The van der Waals surface area contributed by atoms with Crippen molar-refractivity contribution in [2.24, 2.45) is 0 Å². The maximum atomic E-state index is 13.3. The number of hydrogen-bond donors (Lipinski definition) is 1. The highest BCUT2D eigenvalue weighted by Crippen LogP contribution is 2.33. The molecule has 6 rings (SSSR count). The van der Waals surface area contributed by atoms with Crippen molar-refractivity contribution in [1.29, 1.82) is 0 Å². The minimum atomic E-state index is -0.310. The number of fused-ring (bicyclic) bond motifs is 4. The number of carbonyl (C=O) groups excluding carboxylic acids is 2. The quantitative estimate of drug-likeness (QED) is 0.739. The van der Waals surface area contributed by atoms with Gasteiger partial charge in [0.25, 0.3) is 5.91 Å². The molecule has 9 heteroatoms. The van der Waals surface area contributed by atoms with Crippen molar-refractivity contribution in [3.8, 4) is 0 Å². The van der Waals surface area contributed by atoms with Gasteiger partial charge in [0.05, 0.1) is 19.3 Å². The second-order valence-electron chi connectivity index (χ2n) is 8.60. The standard InChI is InChI=1S/C24H22ClN5O3/c25-18-3-1-2-16-13-29(9-6-17(16)18)24(32)15-4-5-20-19(12-15)26-23(31)22-28-27-21(30(20)22)14-7-10-33-11-8-14/h1-5,7,19H,6,8-13H2,(H,26,31). The maximum Gasteiger partial charge on any atom is 0.290 e. The lowest BCUT2D eigenvalue weighted by Crippen LogP contribution is -2.46. The third kappa shape index (κ3) is 3.41. The van der Waals surface area contributed by atoms with E-state index < -0.39 is 0 Å². The Morgan fingerprint density at radius 3 is 2.91 bits per heavy atom. The maximum absolute atomic E-state index is 13.3. The van der Waals surface area contributed by atoms with Crippen molar-refractivity contribution in [2.75, 3.05) is 19.8 Å². The van der Waals surface area contributed by atoms with Crippen molar-refractivity contribution in [2.45, 2.75) is 31.8 Å². The number of allylic oxidation sites excluding steroid dienone is 2. The summed E-state index contributed by atoms with van der Waals surface area (Å²) in [4.78, 5) is 28.0. The summed E-state index contributed by atoms with van der Waals surface area (Å²) in [6.45, 7) is 2.30. The summed E-state index contributed by atoms with van der Waals surface area (Å²) in [5.74, 6) is 0.658. The predicted octanol–water partition coefficient (Wildman–Crippen LogP) is 2.60. The SMILES string of the molecule is O=C1NC2CC(C(=O)N3CCc4c(Cl)cccc4C3)=CC=C2n2c1nnc2C1=CCOCC1. The predicted molar refractivity (Wildman–Crippen MR) is 122 cm³/mol. The number of benzene rings is 1. The van der Waals surface area contributed by atoms with Gasteiger partial charge >= 0.3 is 0 Å². The summed E-state index contributed by atoms with van der Waals surface area (Å²) in [6, 6.07) is 5.53. The third-order valence-electron chi connectivity index (χ3n) is 6.69. The summed E-state index contributed by atoms with van der Waals surface area (Å²) < 4.78 is 7.24. The molecule has 0 bridgehead atoms. The third-order valence-corrected chi connectivity index (χ3v) is 7.04. The van der Waals surface area contributed by atoms with Gasteiger partial charge in [0, 0.05) is 35.8 Å². The van der Waals surface area contributed by atoms with Crippen LogP contribution in [0.4, 0.5) is 0 Å². The van der Waals surface area contributed by atoms with E-state index in [4.69, 9.17) is 16.3 Å². The highest BCUT2D eigenvalue weighted by molar-refractivity contribution is 6.31. The van der Waals surface area contributed by atoms with Crippen LogP contribution in [0.15, 0.2) is 42.0 Å². The molecule has 168 valence electrons. The first-order valence-electron chi connectivity index (χ1n) is 11.1. The summed E-state index contributed by atoms with van der Waals surface area (Å²) in [5, 5.41) is 12.2. The van der Waals surface area contributed by atoms with Crippen LogP contribution in [0.25, 0.3) is 11.3 Å². The number of nitrogens with one attached hydrogen (secondary N) is 1. The first kappa shape index (κ1) is 20.4. The Labute approximate surface area is 195 Å². The van der Waals surface area contributed by atoms with E-state index in [0.29, 0.717) is 44.1 Å². The Balaban J connectivity index is 1.30. The molecule has 8 nitrogen and oxygen atoms in total. The largest absolute Gasteiger partial charge is 0.377 e. The Hall–Kier alpha value is -3.23. The number of rotatable bonds is 2. The van der Waals surface area contributed by atoms with Crippen LogP contribution in [0.3, 0.4) is 0 Å². The molecule has 0 spiro atoms. The summed E-state index contributed by atoms with van der Waals surface area (Å²) in [6.07, 6.45) is 7.64. The monoisotopic (exact) mass is 463 g/mol. The lowest BCUT2D eigenvalue weighted by atomic mass is 9.93. The molecule has 0 saturated heterocycles. The molecular weight excluding hydrogens is 442 g/mol. The van der Waals surface area contributed by atoms with Gasteiger partial charge in [-0.2, -0.15) is 0 Å². The van der Waals surface area contributed by atoms with Crippen molar-refractivity contribution >= 4 is 34.7 Å². The van der Waals surface area contributed by atoms with E-state index in [1.54, 1.807) is 0 Å². The molecule has 0 fully saturated rings. The highest BCUT2D eigenvalue weighted by Gasteiger charge is 2.37. The van der Waals surface area contributed by atoms with Gasteiger partial charge < -0.3 is 15.0 Å². The molecule has 2 aromatic rings. The van der Waals surface area contributed by atoms with Gasteiger partial charge in [-0.05, 0) is 41.7 Å². The van der Waals surface area contributed by atoms with Crippen LogP contribution in [0, 0.1) is 0 Å². The van der Waals surface area contributed by atoms with E-state index in [-0.39, 0.29) is 23.7 Å². The molecule has 2 amide bonds. The number of aromatic nitrogens is 3. The molecule has 4 aliphatic rings. The van der Waals surface area contributed by atoms with Crippen LogP contribution < -0.4 is 5.32 Å². The molecule has 1 aromatic carbocycles. The van der Waals surface area contributed by atoms with E-state index in [1.165, 1.54) is 0 Å². The second-order valence-corrected chi connectivity index (χ2v) is 9.01. The van der Waals surface area contributed by atoms with Gasteiger partial charge in [-0.15, -0.1) is 10.2 Å². The molecule has 1 atom stereocenters. The van der Waals surface area contributed by atoms with Crippen LogP contribution in [-0.4, -0.2) is 57.3 Å². The number of nitrogens with zero attached hydrogens (tertiary/aromatic N) is 4. The Kier molecular flexibility index (Phi) is 4.92. The molecule has 1 aromatic heterocycles. The van der Waals surface area contributed by atoms with Crippen LogP contribution in [-0.2, 0) is 22.5 Å². The van der Waals surface area contributed by atoms with Crippen molar-refractivity contribution in [3.05, 3.63) is 69.8 Å². The number of amides is 2. The molecule has 1 aliphatic carbocycles. The van der Waals surface area contributed by atoms with Crippen LogP contribution in [0.2, 0.25) is 5.02 Å². The summed E-state index contributed by atoms with van der Waals surface area (Å²) in [7, 11) is 0. The molecule has 0 radical (unpaired) electrons. The van der Waals surface area contributed by atoms with E-state index in [2.05, 4.69) is 15.5 Å². The van der Waals surface area contributed by atoms with Crippen LogP contribution in [0.5, 0.6) is 0 Å². The van der Waals surface area contributed by atoms with Crippen molar-refractivity contribution in [3.63, 3.8) is 0 Å². The topological polar surface area (TPSA) is 89.4 Å². The summed E-state index contributed by atoms with van der Waals surface area (Å²) in [5.41, 5.74) is 4.79. The Morgan fingerprint density at radius 1 is 1.18 bits per heavy atom. The van der Waals surface area contributed by atoms with Gasteiger partial charge in [0.15, 0.2) is 5.82 Å². The summed E-state index contributed by atoms with van der Waals surface area (Å²) >= 11 is 6.32. The van der Waals surface area contributed by atoms with Gasteiger partial charge in [-0.25, -0.2) is 0 Å². The lowest BCUT2D eigenvalue weighted by Gasteiger charge is -2.34. The smallest absolute Gasteiger partial charge is 0.290 e. The van der Waals surface area contributed by atoms with Crippen molar-refractivity contribution < 1.29 is 14.3 Å². The normalized spacial score (nSPS) is 21.7. The molecule has 1 N–H and O–H groups in total. The Bertz CT molecular complexity index is 1270. The fourth-order valence-corrected chi connectivity index (χ4v) is 5.27. The zero-order valence-electron chi connectivity index (χ0n) is 17.9. The molecule has 3 aliphatic heterocycles. The van der Waals surface area contributed by atoms with E-state index in [1.807, 2.05) is 45.9 Å². The number of ether oxygens (including phenoxy) is 1. The average Bonchev–Trinajstić information content (AvgIpc) is 3.30. The zero-order valence-corrected chi connectivity index (χ0v) is 18.6. The van der Waals surface area contributed by atoms with Gasteiger partial charge in [-0.3, -0.25) is 14.2 Å². The highest BCUT2D eigenvalue weighted by atomic mass is 35.5. The molecule has 33 heavy (non-hydrogen) atoms. The Morgan fingerprint density at radius 2 is 2.06 bits per heavy atom. The number of halogens is 1. The average molecular weight is 464 g/mol. The van der Waals surface area contributed by atoms with E-state index in [0.717, 1.165) is 40.3 Å². The van der Waals surface area contributed by atoms with E-state index >= 15 is 0 Å². The molecule has 1 unspecified atom stereocenters. The van der Waals surface area contributed by atoms with Crippen molar-refractivity contribution in [1.82, 2.24) is 25.0 Å². The number of carbonyl (C=O) groups is 2. The number of hydrogen-bond acceptors (Lipinski definition) is 5. The first-order chi connectivity index (χ1) is 16.1. The molecule has 0 saturated carbocycles. The van der Waals surface area contributed by atoms with Crippen LogP contribution in [0.1, 0.15) is 40.4 Å². The minimum absolute atomic E-state index is 0.00733. The van der Waals surface area contributed by atoms with Gasteiger partial charge in [0.2, 0.25) is 11.7 Å². The van der Waals surface area contributed by atoms with Gasteiger partial charge in [0.1, 0.15) is 0 Å². The van der Waals surface area contributed by atoms with E-state index in [9.17, 15) is 9.59 Å². The second kappa shape index (κ2) is 7.97. The minimum Gasteiger partial charge on any atom is -0.377 e. The fraction of sp³-hybridized carbons (Fsp3) is 0.333. The van der Waals surface area contributed by atoms with Crippen LogP contribution >= 0.6 is 11.6 Å².